The van der Waals surface area contributed by atoms with Gasteiger partial charge in [0.05, 0.1) is 7.11 Å². The number of hydrogen-bond acceptors (Lipinski definition) is 4. The van der Waals surface area contributed by atoms with E-state index >= 15 is 0 Å². The number of halogens is 3. The minimum Gasteiger partial charge on any atom is -0.493 e. The molecular formula is C8H8ClF2NO3S. The molecule has 0 fully saturated rings. The van der Waals surface area contributed by atoms with Gasteiger partial charge in [0.1, 0.15) is 5.69 Å². The third-order valence-corrected chi connectivity index (χ3v) is 2.98. The maximum Gasteiger partial charge on any atom is 0.282 e. The molecule has 0 unspecified atom stereocenters. The standard InChI is InChI=1S/C8H8ClF2NO3S/c1-4-3-5(7(10)11)12-8(6(4)15-2)16(9,13)14/h3,7H,1-2H3. The summed E-state index contributed by atoms with van der Waals surface area (Å²) < 4.78 is 51.8. The Labute approximate surface area is 95.6 Å². The topological polar surface area (TPSA) is 56.3 Å². The quantitative estimate of drug-likeness (QED) is 0.792. The predicted molar refractivity (Wildman–Crippen MR) is 53.5 cm³/mol. The van der Waals surface area contributed by atoms with E-state index in [0.29, 0.717) is 0 Å². The summed E-state index contributed by atoms with van der Waals surface area (Å²) >= 11 is 0. The van der Waals surface area contributed by atoms with E-state index in [9.17, 15) is 17.2 Å². The van der Waals surface area contributed by atoms with Crippen LogP contribution in [0.15, 0.2) is 11.1 Å². The molecule has 0 saturated carbocycles. The van der Waals surface area contributed by atoms with Gasteiger partial charge in [-0.2, -0.15) is 0 Å². The molecule has 0 aromatic carbocycles. The van der Waals surface area contributed by atoms with E-state index in [1.54, 1.807) is 0 Å². The lowest BCUT2D eigenvalue weighted by Gasteiger charge is -2.10. The molecule has 0 atom stereocenters. The molecule has 0 N–H and O–H groups in total. The molecule has 1 rings (SSSR count). The number of alkyl halides is 2. The summed E-state index contributed by atoms with van der Waals surface area (Å²) in [5.41, 5.74) is -0.426. The van der Waals surface area contributed by atoms with E-state index in [0.717, 1.165) is 6.07 Å². The van der Waals surface area contributed by atoms with Gasteiger partial charge in [-0.15, -0.1) is 0 Å². The fourth-order valence-corrected chi connectivity index (χ4v) is 2.18. The van der Waals surface area contributed by atoms with Crippen LogP contribution in [0.25, 0.3) is 0 Å². The molecule has 0 amide bonds. The number of aryl methyl sites for hydroxylation is 1. The molecule has 0 radical (unpaired) electrons. The van der Waals surface area contributed by atoms with Gasteiger partial charge in [-0.1, -0.05) is 0 Å². The van der Waals surface area contributed by atoms with Gasteiger partial charge in [0, 0.05) is 10.7 Å². The maximum absolute atomic E-state index is 12.4. The number of rotatable bonds is 3. The molecule has 1 aromatic heterocycles. The zero-order valence-electron chi connectivity index (χ0n) is 8.37. The molecular weight excluding hydrogens is 264 g/mol. The maximum atomic E-state index is 12.4. The van der Waals surface area contributed by atoms with E-state index < -0.39 is 26.2 Å². The van der Waals surface area contributed by atoms with Crippen LogP contribution in [0.5, 0.6) is 5.75 Å². The lowest BCUT2D eigenvalue weighted by Crippen LogP contribution is -2.05. The van der Waals surface area contributed by atoms with Crippen molar-refractivity contribution in [1.29, 1.82) is 0 Å². The molecule has 0 aliphatic carbocycles. The van der Waals surface area contributed by atoms with Crippen molar-refractivity contribution >= 4 is 19.7 Å². The number of hydrogen-bond donors (Lipinski definition) is 0. The molecule has 0 spiro atoms. The van der Waals surface area contributed by atoms with Crippen LogP contribution >= 0.6 is 10.7 Å². The van der Waals surface area contributed by atoms with Gasteiger partial charge >= 0.3 is 0 Å². The largest absolute Gasteiger partial charge is 0.493 e. The molecule has 1 aromatic rings. The van der Waals surface area contributed by atoms with Gasteiger partial charge in [0.25, 0.3) is 15.5 Å². The first-order valence-electron chi connectivity index (χ1n) is 4.05. The van der Waals surface area contributed by atoms with Crippen LogP contribution in [0, 0.1) is 6.92 Å². The van der Waals surface area contributed by atoms with Gasteiger partial charge in [0.2, 0.25) is 5.03 Å². The second kappa shape index (κ2) is 4.50. The van der Waals surface area contributed by atoms with Crippen LogP contribution in [0.2, 0.25) is 0 Å². The summed E-state index contributed by atoms with van der Waals surface area (Å²) in [6, 6.07) is 1.05. The Kier molecular flexibility index (Phi) is 3.69. The minimum atomic E-state index is -4.22. The number of methoxy groups -OCH3 is 1. The summed E-state index contributed by atoms with van der Waals surface area (Å²) in [6.07, 6.45) is -2.87. The van der Waals surface area contributed by atoms with Crippen LogP contribution in [-0.4, -0.2) is 20.5 Å². The summed E-state index contributed by atoms with van der Waals surface area (Å²) in [4.78, 5) is 3.28. The summed E-state index contributed by atoms with van der Waals surface area (Å²) in [7, 11) is 2.06. The Bertz CT molecular complexity index is 504. The van der Waals surface area contributed by atoms with Crippen molar-refractivity contribution in [1.82, 2.24) is 4.98 Å². The lowest BCUT2D eigenvalue weighted by atomic mass is 10.2. The smallest absolute Gasteiger partial charge is 0.282 e. The normalized spacial score (nSPS) is 11.9. The van der Waals surface area contributed by atoms with E-state index in [4.69, 9.17) is 15.4 Å². The fourth-order valence-electron chi connectivity index (χ4n) is 1.18. The molecule has 16 heavy (non-hydrogen) atoms. The minimum absolute atomic E-state index is 0.126. The van der Waals surface area contributed by atoms with E-state index in [1.807, 2.05) is 0 Å². The Morgan fingerprint density at radius 2 is 2.06 bits per heavy atom. The second-order valence-electron chi connectivity index (χ2n) is 2.94. The molecule has 0 saturated heterocycles. The first kappa shape index (κ1) is 13.1. The average molecular weight is 272 g/mol. The Morgan fingerprint density at radius 1 is 1.50 bits per heavy atom. The zero-order valence-corrected chi connectivity index (χ0v) is 9.94. The first-order chi connectivity index (χ1) is 7.27. The van der Waals surface area contributed by atoms with Crippen molar-refractivity contribution in [3.05, 3.63) is 17.3 Å². The van der Waals surface area contributed by atoms with Crippen molar-refractivity contribution in [2.75, 3.05) is 7.11 Å². The third-order valence-electron chi connectivity index (χ3n) is 1.81. The highest BCUT2D eigenvalue weighted by atomic mass is 35.7. The highest BCUT2D eigenvalue weighted by Gasteiger charge is 2.24. The summed E-state index contributed by atoms with van der Waals surface area (Å²) in [6.45, 7) is 1.43. The van der Waals surface area contributed by atoms with Crippen LogP contribution in [0.1, 0.15) is 17.7 Å². The van der Waals surface area contributed by atoms with Crippen molar-refractivity contribution < 1.29 is 21.9 Å². The Hall–Kier alpha value is -0.950. The molecule has 0 aliphatic rings. The molecule has 4 nitrogen and oxygen atoms in total. The van der Waals surface area contributed by atoms with Crippen molar-refractivity contribution in [2.45, 2.75) is 18.4 Å². The first-order valence-corrected chi connectivity index (χ1v) is 6.36. The molecule has 1 heterocycles. The van der Waals surface area contributed by atoms with Gasteiger partial charge in [0.15, 0.2) is 5.75 Å². The van der Waals surface area contributed by atoms with Crippen molar-refractivity contribution in [3.63, 3.8) is 0 Å². The highest BCUT2D eigenvalue weighted by Crippen LogP contribution is 2.31. The fraction of sp³-hybridized carbons (Fsp3) is 0.375. The van der Waals surface area contributed by atoms with E-state index in [2.05, 4.69) is 4.98 Å². The monoisotopic (exact) mass is 271 g/mol. The van der Waals surface area contributed by atoms with Crippen molar-refractivity contribution in [2.24, 2.45) is 0 Å². The van der Waals surface area contributed by atoms with Crippen LogP contribution < -0.4 is 4.74 Å². The number of nitrogens with zero attached hydrogens (tertiary/aromatic N) is 1. The van der Waals surface area contributed by atoms with E-state index in [-0.39, 0.29) is 11.3 Å². The van der Waals surface area contributed by atoms with Crippen molar-refractivity contribution in [3.8, 4) is 5.75 Å². The zero-order chi connectivity index (χ0) is 12.5. The van der Waals surface area contributed by atoms with Crippen LogP contribution in [-0.2, 0) is 9.05 Å². The van der Waals surface area contributed by atoms with Crippen LogP contribution in [0.4, 0.5) is 8.78 Å². The predicted octanol–water partition coefficient (Wildman–Crippen LogP) is 2.26. The Morgan fingerprint density at radius 3 is 2.44 bits per heavy atom. The third kappa shape index (κ3) is 2.59. The van der Waals surface area contributed by atoms with Gasteiger partial charge in [-0.05, 0) is 18.6 Å². The molecule has 90 valence electrons. The number of ether oxygens (including phenoxy) is 1. The summed E-state index contributed by atoms with van der Waals surface area (Å²) in [5, 5.41) is -0.688. The van der Waals surface area contributed by atoms with Gasteiger partial charge in [-0.25, -0.2) is 22.2 Å². The number of pyridine rings is 1. The summed E-state index contributed by atoms with van der Waals surface area (Å²) in [5.74, 6) is -0.126. The van der Waals surface area contributed by atoms with Gasteiger partial charge < -0.3 is 4.74 Å². The van der Waals surface area contributed by atoms with Gasteiger partial charge in [-0.3, -0.25) is 0 Å². The Balaban J connectivity index is 3.56. The average Bonchev–Trinajstić information content (AvgIpc) is 2.14. The second-order valence-corrected chi connectivity index (χ2v) is 5.42. The SMILES string of the molecule is COc1c(C)cc(C(F)F)nc1S(=O)(=O)Cl. The van der Waals surface area contributed by atoms with E-state index in [1.165, 1.54) is 14.0 Å². The molecule has 0 bridgehead atoms. The molecule has 8 heteroatoms. The van der Waals surface area contributed by atoms with Crippen LogP contribution in [0.3, 0.4) is 0 Å². The highest BCUT2D eigenvalue weighted by molar-refractivity contribution is 8.13. The molecule has 0 aliphatic heterocycles. The number of aromatic nitrogens is 1. The lowest BCUT2D eigenvalue weighted by molar-refractivity contribution is 0.145.